The molecular weight excluding hydrogens is 218 g/mol. The van der Waals surface area contributed by atoms with Crippen LogP contribution in [-0.2, 0) is 9.53 Å². The Balaban J connectivity index is 2.51. The maximum absolute atomic E-state index is 11.6. The molecule has 0 aromatic carbocycles. The van der Waals surface area contributed by atoms with Crippen LogP contribution in [0.15, 0.2) is 0 Å². The van der Waals surface area contributed by atoms with Crippen LogP contribution in [0, 0.1) is 0 Å². The van der Waals surface area contributed by atoms with Gasteiger partial charge in [0, 0.05) is 38.6 Å². The number of nitrogens with zero attached hydrogens (tertiary/aromatic N) is 1. The first-order valence-electron chi connectivity index (χ1n) is 6.43. The van der Waals surface area contributed by atoms with Crippen LogP contribution in [-0.4, -0.2) is 55.2 Å². The SMILES string of the molecule is CCNC(=O)CC(CN)N1C[C@@H](C)O[C@@H](C)C1. The Hall–Kier alpha value is -0.650. The summed E-state index contributed by atoms with van der Waals surface area (Å²) in [5.41, 5.74) is 5.78. The molecule has 0 aromatic heterocycles. The molecule has 1 rings (SSSR count). The molecule has 0 aromatic rings. The van der Waals surface area contributed by atoms with Crippen LogP contribution < -0.4 is 11.1 Å². The highest BCUT2D eigenvalue weighted by Crippen LogP contribution is 2.14. The van der Waals surface area contributed by atoms with Crippen molar-refractivity contribution in [3.8, 4) is 0 Å². The van der Waals surface area contributed by atoms with Crippen molar-refractivity contribution in [1.82, 2.24) is 10.2 Å². The Morgan fingerprint density at radius 2 is 2.06 bits per heavy atom. The Morgan fingerprint density at radius 3 is 2.53 bits per heavy atom. The first kappa shape index (κ1) is 14.4. The van der Waals surface area contributed by atoms with Crippen molar-refractivity contribution >= 4 is 5.91 Å². The van der Waals surface area contributed by atoms with E-state index < -0.39 is 0 Å². The second kappa shape index (κ2) is 6.93. The van der Waals surface area contributed by atoms with Gasteiger partial charge in [0.15, 0.2) is 0 Å². The highest BCUT2D eigenvalue weighted by Gasteiger charge is 2.28. The number of hydrogen-bond acceptors (Lipinski definition) is 4. The lowest BCUT2D eigenvalue weighted by molar-refractivity contribution is -0.124. The van der Waals surface area contributed by atoms with Crippen molar-refractivity contribution in [1.29, 1.82) is 0 Å². The monoisotopic (exact) mass is 243 g/mol. The molecule has 100 valence electrons. The van der Waals surface area contributed by atoms with E-state index in [0.29, 0.717) is 19.5 Å². The Labute approximate surface area is 104 Å². The zero-order valence-electron chi connectivity index (χ0n) is 11.1. The molecule has 17 heavy (non-hydrogen) atoms. The van der Waals surface area contributed by atoms with Crippen molar-refractivity contribution in [2.45, 2.75) is 45.4 Å². The summed E-state index contributed by atoms with van der Waals surface area (Å²) in [6.07, 6.45) is 0.896. The van der Waals surface area contributed by atoms with Gasteiger partial charge in [-0.15, -0.1) is 0 Å². The molecule has 0 spiro atoms. The average Bonchev–Trinajstić information content (AvgIpc) is 2.24. The van der Waals surface area contributed by atoms with Gasteiger partial charge in [-0.1, -0.05) is 0 Å². The van der Waals surface area contributed by atoms with Gasteiger partial charge in [0.05, 0.1) is 12.2 Å². The minimum Gasteiger partial charge on any atom is -0.373 e. The fourth-order valence-corrected chi connectivity index (χ4v) is 2.36. The fourth-order valence-electron chi connectivity index (χ4n) is 2.36. The maximum Gasteiger partial charge on any atom is 0.221 e. The number of carbonyl (C=O) groups is 1. The quantitative estimate of drug-likeness (QED) is 0.710. The van der Waals surface area contributed by atoms with E-state index in [1.54, 1.807) is 0 Å². The van der Waals surface area contributed by atoms with Gasteiger partial charge in [0.2, 0.25) is 5.91 Å². The molecule has 1 aliphatic rings. The second-order valence-electron chi connectivity index (χ2n) is 4.76. The highest BCUT2D eigenvalue weighted by atomic mass is 16.5. The second-order valence-corrected chi connectivity index (χ2v) is 4.76. The van der Waals surface area contributed by atoms with Crippen molar-refractivity contribution in [3.05, 3.63) is 0 Å². The molecule has 5 nitrogen and oxygen atoms in total. The van der Waals surface area contributed by atoms with Crippen molar-refractivity contribution < 1.29 is 9.53 Å². The fraction of sp³-hybridized carbons (Fsp3) is 0.917. The van der Waals surface area contributed by atoms with Gasteiger partial charge in [0.1, 0.15) is 0 Å². The van der Waals surface area contributed by atoms with Gasteiger partial charge >= 0.3 is 0 Å². The van der Waals surface area contributed by atoms with Crippen LogP contribution in [0.2, 0.25) is 0 Å². The number of hydrogen-bond donors (Lipinski definition) is 2. The van der Waals surface area contributed by atoms with E-state index in [0.717, 1.165) is 13.1 Å². The highest BCUT2D eigenvalue weighted by molar-refractivity contribution is 5.76. The average molecular weight is 243 g/mol. The Morgan fingerprint density at radius 1 is 1.47 bits per heavy atom. The van der Waals surface area contributed by atoms with Crippen LogP contribution in [0.3, 0.4) is 0 Å². The van der Waals surface area contributed by atoms with Gasteiger partial charge in [-0.05, 0) is 20.8 Å². The third-order valence-corrected chi connectivity index (χ3v) is 3.03. The lowest BCUT2D eigenvalue weighted by Gasteiger charge is -2.39. The topological polar surface area (TPSA) is 67.6 Å². The van der Waals surface area contributed by atoms with E-state index in [-0.39, 0.29) is 24.2 Å². The predicted octanol–water partition coefficient (Wildman–Crippen LogP) is -0.0509. The van der Waals surface area contributed by atoms with Gasteiger partial charge in [0.25, 0.3) is 0 Å². The number of carbonyl (C=O) groups excluding carboxylic acids is 1. The van der Waals surface area contributed by atoms with Gasteiger partial charge in [-0.3, -0.25) is 9.69 Å². The van der Waals surface area contributed by atoms with Gasteiger partial charge in [-0.25, -0.2) is 0 Å². The molecule has 0 radical (unpaired) electrons. The number of rotatable bonds is 5. The number of amides is 1. The molecule has 1 fully saturated rings. The number of morpholine rings is 1. The lowest BCUT2D eigenvalue weighted by atomic mass is 10.1. The van der Waals surface area contributed by atoms with Crippen LogP contribution in [0.1, 0.15) is 27.2 Å². The molecule has 0 aliphatic carbocycles. The first-order chi connectivity index (χ1) is 8.06. The van der Waals surface area contributed by atoms with E-state index in [2.05, 4.69) is 24.1 Å². The summed E-state index contributed by atoms with van der Waals surface area (Å²) < 4.78 is 5.68. The summed E-state index contributed by atoms with van der Waals surface area (Å²) in [7, 11) is 0. The third kappa shape index (κ3) is 4.61. The molecular formula is C12H25N3O2. The predicted molar refractivity (Wildman–Crippen MR) is 67.7 cm³/mol. The summed E-state index contributed by atoms with van der Waals surface area (Å²) >= 11 is 0. The summed E-state index contributed by atoms with van der Waals surface area (Å²) in [5, 5.41) is 2.82. The zero-order valence-corrected chi connectivity index (χ0v) is 11.1. The number of ether oxygens (including phenoxy) is 1. The molecule has 5 heteroatoms. The summed E-state index contributed by atoms with van der Waals surface area (Å²) in [5.74, 6) is 0.0785. The van der Waals surface area contributed by atoms with Crippen LogP contribution in [0.25, 0.3) is 0 Å². The molecule has 0 saturated carbocycles. The van der Waals surface area contributed by atoms with Crippen molar-refractivity contribution in [2.75, 3.05) is 26.2 Å². The van der Waals surface area contributed by atoms with Crippen LogP contribution >= 0.6 is 0 Å². The molecule has 1 saturated heterocycles. The molecule has 1 amide bonds. The van der Waals surface area contributed by atoms with Gasteiger partial charge in [-0.2, -0.15) is 0 Å². The van der Waals surface area contributed by atoms with Gasteiger partial charge < -0.3 is 15.8 Å². The largest absolute Gasteiger partial charge is 0.373 e. The number of nitrogens with two attached hydrogens (primary N) is 1. The van der Waals surface area contributed by atoms with Crippen molar-refractivity contribution in [2.24, 2.45) is 5.73 Å². The van der Waals surface area contributed by atoms with E-state index in [1.807, 2.05) is 6.92 Å². The number of nitrogens with one attached hydrogen (secondary N) is 1. The van der Waals surface area contributed by atoms with E-state index in [9.17, 15) is 4.79 Å². The molecule has 1 unspecified atom stereocenters. The minimum absolute atomic E-state index is 0.0785. The smallest absolute Gasteiger partial charge is 0.221 e. The molecule has 3 N–H and O–H groups in total. The Bertz CT molecular complexity index is 238. The molecule has 1 aliphatic heterocycles. The summed E-state index contributed by atoms with van der Waals surface area (Å²) in [6.45, 7) is 8.93. The van der Waals surface area contributed by atoms with E-state index in [1.165, 1.54) is 0 Å². The standard InChI is InChI=1S/C12H25N3O2/c1-4-14-12(16)5-11(6-13)15-7-9(2)17-10(3)8-15/h9-11H,4-8,13H2,1-3H3,(H,14,16)/t9-,10+,11?. The van der Waals surface area contributed by atoms with E-state index in [4.69, 9.17) is 10.5 Å². The zero-order chi connectivity index (χ0) is 12.8. The van der Waals surface area contributed by atoms with Crippen molar-refractivity contribution in [3.63, 3.8) is 0 Å². The molecule has 0 bridgehead atoms. The minimum atomic E-state index is 0.0785. The van der Waals surface area contributed by atoms with E-state index >= 15 is 0 Å². The lowest BCUT2D eigenvalue weighted by Crippen LogP contribution is -2.53. The molecule has 1 heterocycles. The first-order valence-corrected chi connectivity index (χ1v) is 6.43. The maximum atomic E-state index is 11.6. The summed E-state index contributed by atoms with van der Waals surface area (Å²) in [6, 6.07) is 0.121. The molecule has 3 atom stereocenters. The third-order valence-electron chi connectivity index (χ3n) is 3.03. The normalized spacial score (nSPS) is 27.8. The Kier molecular flexibility index (Phi) is 5.88. The van der Waals surface area contributed by atoms with Crippen LogP contribution in [0.4, 0.5) is 0 Å². The summed E-state index contributed by atoms with van der Waals surface area (Å²) in [4.78, 5) is 13.9. The van der Waals surface area contributed by atoms with Crippen LogP contribution in [0.5, 0.6) is 0 Å².